The van der Waals surface area contributed by atoms with Crippen LogP contribution in [-0.2, 0) is 36.8 Å². The first-order valence-electron chi connectivity index (χ1n) is 30.3. The number of halogens is 6. The number of benzene rings is 4. The van der Waals surface area contributed by atoms with Gasteiger partial charge in [0.2, 0.25) is 11.8 Å². The molecule has 4 heterocycles. The quantitative estimate of drug-likeness (QED) is 0.0370. The lowest BCUT2D eigenvalue weighted by Crippen LogP contribution is -2.49. The molecule has 2 amide bonds. The molecule has 0 radical (unpaired) electrons. The lowest BCUT2D eigenvalue weighted by Gasteiger charge is -2.34. The van der Waals surface area contributed by atoms with Crippen LogP contribution in [0, 0.1) is 62.8 Å². The van der Waals surface area contributed by atoms with Gasteiger partial charge in [-0.1, -0.05) is 74.2 Å². The molecule has 2 saturated heterocycles. The third-order valence-electron chi connectivity index (χ3n) is 17.1. The molecular weight excluding hydrogens is 1140 g/mol. The van der Waals surface area contributed by atoms with Crippen molar-refractivity contribution in [2.45, 2.75) is 135 Å². The zero-order valence-corrected chi connectivity index (χ0v) is 50.2. The smallest absolute Gasteiger partial charge is 0.308 e. The van der Waals surface area contributed by atoms with Crippen LogP contribution >= 0.6 is 0 Å². The van der Waals surface area contributed by atoms with Crippen molar-refractivity contribution in [3.63, 3.8) is 0 Å². The Bertz CT molecular complexity index is 3630. The normalized spacial score (nSPS) is 16.7. The first-order chi connectivity index (χ1) is 42.0. The van der Waals surface area contributed by atoms with Crippen LogP contribution in [0.3, 0.4) is 0 Å². The second-order valence-electron chi connectivity index (χ2n) is 24.2. The minimum atomic E-state index is -1.38. The Hall–Kier alpha value is -7.84. The number of nitrogens with zero attached hydrogens (tertiary/aromatic N) is 4. The fourth-order valence-electron chi connectivity index (χ4n) is 12.0. The highest BCUT2D eigenvalue weighted by Gasteiger charge is 2.37. The maximum Gasteiger partial charge on any atom is 0.308 e. The van der Waals surface area contributed by atoms with Crippen molar-refractivity contribution in [2.75, 3.05) is 45.9 Å². The molecule has 468 valence electrons. The van der Waals surface area contributed by atoms with Crippen LogP contribution in [0.1, 0.15) is 127 Å². The zero-order valence-electron chi connectivity index (χ0n) is 50.2. The van der Waals surface area contributed by atoms with E-state index in [0.29, 0.717) is 81.6 Å². The number of ether oxygens (including phenoxy) is 1. The van der Waals surface area contributed by atoms with Gasteiger partial charge in [-0.05, 0) is 152 Å². The maximum absolute atomic E-state index is 15.5. The summed E-state index contributed by atoms with van der Waals surface area (Å²) in [5, 5.41) is 15.1. The Kier molecular flexibility index (Phi) is 21.0. The average Bonchev–Trinajstić information content (AvgIpc) is 1.25. The van der Waals surface area contributed by atoms with E-state index in [2.05, 4.69) is 10.6 Å². The summed E-state index contributed by atoms with van der Waals surface area (Å²) in [6.45, 7) is 11.9. The van der Waals surface area contributed by atoms with Crippen LogP contribution in [0.4, 0.5) is 26.3 Å². The van der Waals surface area contributed by atoms with Gasteiger partial charge >= 0.3 is 11.9 Å². The number of carboxylic acid groups (broad SMARTS) is 1. The van der Waals surface area contributed by atoms with Crippen molar-refractivity contribution in [1.82, 2.24) is 29.6 Å². The minimum Gasteiger partial charge on any atom is -0.481 e. The second kappa shape index (κ2) is 28.5. The molecule has 2 unspecified atom stereocenters. The van der Waals surface area contributed by atoms with E-state index in [1.54, 1.807) is 31.5 Å². The number of nitrogens with one attached hydrogen (secondary N) is 2. The van der Waals surface area contributed by atoms with Crippen molar-refractivity contribution in [3.05, 3.63) is 186 Å². The van der Waals surface area contributed by atoms with E-state index < -0.39 is 102 Å². The van der Waals surface area contributed by atoms with E-state index in [0.717, 1.165) is 76.8 Å². The average molecular weight is 1220 g/mol. The van der Waals surface area contributed by atoms with Gasteiger partial charge in [-0.25, -0.2) is 26.3 Å². The molecule has 4 aliphatic rings. The largest absolute Gasteiger partial charge is 0.481 e. The third-order valence-corrected chi connectivity index (χ3v) is 17.1. The highest BCUT2D eigenvalue weighted by atomic mass is 19.2. The molecule has 2 aromatic heterocycles. The SMILES string of the molecule is CCOC(=O)C[C@H](NC(=O)C(CC1CC1)n1cc(CCN2CC(F)C2)ccc1=O)c1cc(-c2c(C)cccc2C)cc(F)c1F.Cc1cccc(C)c1-c1cc(F)c(F)c([C@H](CC(=O)O)NC(=O)C(CC2CC2)n2cc(CCN3CC(F)C3)ccc2=O)c1. The molecule has 2 saturated carbocycles. The molecule has 3 N–H and O–H groups in total. The van der Waals surface area contributed by atoms with Gasteiger partial charge in [0.05, 0.1) is 31.5 Å². The number of likely N-dealkylation sites (tertiary alicyclic amines) is 2. The number of esters is 1. The Morgan fingerprint density at radius 3 is 1.32 bits per heavy atom. The van der Waals surface area contributed by atoms with Crippen molar-refractivity contribution in [3.8, 4) is 22.3 Å². The number of hydrogen-bond donors (Lipinski definition) is 3. The van der Waals surface area contributed by atoms with Crippen LogP contribution in [-0.4, -0.2) is 106 Å². The Morgan fingerprint density at radius 2 is 0.966 bits per heavy atom. The van der Waals surface area contributed by atoms with Gasteiger partial charge in [-0.15, -0.1) is 0 Å². The van der Waals surface area contributed by atoms with Gasteiger partial charge in [-0.2, -0.15) is 0 Å². The lowest BCUT2D eigenvalue weighted by molar-refractivity contribution is -0.144. The molecule has 20 heteroatoms. The van der Waals surface area contributed by atoms with Crippen molar-refractivity contribution in [2.24, 2.45) is 11.8 Å². The van der Waals surface area contributed by atoms with Crippen molar-refractivity contribution < 1.29 is 55.4 Å². The van der Waals surface area contributed by atoms with Crippen molar-refractivity contribution >= 4 is 23.8 Å². The number of pyridine rings is 2. The first kappa shape index (κ1) is 64.6. The molecule has 88 heavy (non-hydrogen) atoms. The highest BCUT2D eigenvalue weighted by Crippen LogP contribution is 2.40. The van der Waals surface area contributed by atoms with Gasteiger partial charge in [0.1, 0.15) is 24.4 Å². The predicted molar refractivity (Wildman–Crippen MR) is 322 cm³/mol. The number of aromatic nitrogens is 2. The molecule has 0 bridgehead atoms. The van der Waals surface area contributed by atoms with Gasteiger partial charge in [0.25, 0.3) is 11.1 Å². The molecule has 4 aromatic carbocycles. The second-order valence-corrected chi connectivity index (χ2v) is 24.2. The van der Waals surface area contributed by atoms with Crippen LogP contribution in [0.5, 0.6) is 0 Å². The van der Waals surface area contributed by atoms with E-state index >= 15 is 17.6 Å². The van der Waals surface area contributed by atoms with E-state index in [9.17, 15) is 42.7 Å². The van der Waals surface area contributed by atoms with E-state index in [-0.39, 0.29) is 35.1 Å². The van der Waals surface area contributed by atoms with Crippen LogP contribution in [0.2, 0.25) is 0 Å². The molecule has 14 nitrogen and oxygen atoms in total. The number of aliphatic carboxylic acids is 1. The molecule has 10 rings (SSSR count). The summed E-state index contributed by atoms with van der Waals surface area (Å²) in [5.41, 5.74) is 5.99. The third kappa shape index (κ3) is 16.3. The Morgan fingerprint density at radius 1 is 0.580 bits per heavy atom. The van der Waals surface area contributed by atoms with E-state index in [1.807, 2.05) is 73.9 Å². The van der Waals surface area contributed by atoms with Gasteiger partial charge in [-0.3, -0.25) is 38.6 Å². The number of carboxylic acids is 1. The molecular formula is C68H76F6N6O8. The monoisotopic (exact) mass is 1220 g/mol. The number of alkyl halides is 2. The summed E-state index contributed by atoms with van der Waals surface area (Å²) >= 11 is 0. The first-order valence-corrected chi connectivity index (χ1v) is 30.3. The molecule has 4 fully saturated rings. The predicted octanol–water partition coefficient (Wildman–Crippen LogP) is 11.0. The summed E-state index contributed by atoms with van der Waals surface area (Å²) < 4.78 is 95.4. The van der Waals surface area contributed by atoms with Gasteiger partial charge < -0.3 is 29.6 Å². The summed E-state index contributed by atoms with van der Waals surface area (Å²) in [7, 11) is 0. The molecule has 6 aromatic rings. The number of rotatable bonds is 25. The van der Waals surface area contributed by atoms with Crippen molar-refractivity contribution in [1.29, 1.82) is 0 Å². The summed E-state index contributed by atoms with van der Waals surface area (Å²) in [6.07, 6.45) is 6.03. The van der Waals surface area contributed by atoms with Crippen LogP contribution < -0.4 is 21.8 Å². The maximum atomic E-state index is 15.5. The number of hydrogen-bond acceptors (Lipinski definition) is 9. The fraction of sp³-hybridized carbons (Fsp3) is 0.441. The Labute approximate surface area is 507 Å². The summed E-state index contributed by atoms with van der Waals surface area (Å²) in [6, 6.07) is 17.9. The minimum absolute atomic E-state index is 0.0781. The van der Waals surface area contributed by atoms with Gasteiger partial charge in [0.15, 0.2) is 23.3 Å². The molecule has 4 atom stereocenters. The fourth-order valence-corrected chi connectivity index (χ4v) is 12.0. The number of amides is 2. The van der Waals surface area contributed by atoms with E-state index in [1.165, 1.54) is 33.4 Å². The lowest BCUT2D eigenvalue weighted by atomic mass is 9.92. The molecule has 0 spiro atoms. The highest BCUT2D eigenvalue weighted by molar-refractivity contribution is 5.83. The summed E-state index contributed by atoms with van der Waals surface area (Å²) in [4.78, 5) is 82.4. The van der Waals surface area contributed by atoms with Crippen LogP contribution in [0.15, 0.2) is 107 Å². The Balaban J connectivity index is 0.000000210. The topological polar surface area (TPSA) is 172 Å². The molecule has 2 aliphatic heterocycles. The van der Waals surface area contributed by atoms with Crippen LogP contribution in [0.25, 0.3) is 22.3 Å². The zero-order chi connectivity index (χ0) is 63.1. The van der Waals surface area contributed by atoms with Gasteiger partial charge in [0, 0.05) is 74.9 Å². The number of carbonyl (C=O) groups excluding carboxylic acids is 3. The molecule has 2 aliphatic carbocycles. The number of carbonyl (C=O) groups is 4. The number of aryl methyl sites for hydroxylation is 4. The summed E-state index contributed by atoms with van der Waals surface area (Å²) in [5.74, 6) is -7.40. The van der Waals surface area contributed by atoms with E-state index in [4.69, 9.17) is 4.74 Å². The standard InChI is InChI=1S/C35H40F3N3O4.C33H36F3N3O4/c1-4-45-32(43)17-29(27-15-25(16-28(37)34(27)38)33-21(2)6-5-7-22(33)3)39-35(44)30(14-23-8-9-23)41-18-24(10-11-31(41)42)12-13-40-19-26(36)20-40;1-19-4-3-5-20(2)31(19)23-13-25(32(36)26(35)14-23)27(15-30(41)42)37-33(43)28(12-21-6-7-21)39-16-22(8-9-29(39)40)10-11-38-17-24(34)18-38/h5-7,10-11,15-16,18,23,26,29-30H,4,8-9,12-14,17,19-20H2,1-3H3,(H,39,44);3-5,8-9,13-14,16,21,24,27-28H,6-7,10-12,15,17-18H2,1-2H3,(H,37,43)(H,41,42)/t29-,30?;27-,28?/m00/s1.